The predicted molar refractivity (Wildman–Crippen MR) is 73.9 cm³/mol. The molecule has 90 valence electrons. The van der Waals surface area contributed by atoms with Crippen molar-refractivity contribution >= 4 is 11.6 Å². The summed E-state index contributed by atoms with van der Waals surface area (Å²) in [7, 11) is 0. The van der Waals surface area contributed by atoms with Crippen molar-refractivity contribution in [3.63, 3.8) is 0 Å². The highest BCUT2D eigenvalue weighted by atomic mass is 35.5. The van der Waals surface area contributed by atoms with Gasteiger partial charge < -0.3 is 0 Å². The molecule has 0 fully saturated rings. The second-order valence-electron chi connectivity index (χ2n) is 5.61. The zero-order chi connectivity index (χ0) is 12.0. The summed E-state index contributed by atoms with van der Waals surface area (Å²) < 4.78 is 0. The summed E-state index contributed by atoms with van der Waals surface area (Å²) in [6.07, 6.45) is 10.9. The first-order chi connectivity index (χ1) is 8.16. The lowest BCUT2D eigenvalue weighted by molar-refractivity contribution is 0.389. The van der Waals surface area contributed by atoms with Gasteiger partial charge in [0, 0.05) is 5.03 Å². The molecule has 0 bridgehead atoms. The molecule has 3 aliphatic rings. The summed E-state index contributed by atoms with van der Waals surface area (Å²) in [5.74, 6) is 1.47. The van der Waals surface area contributed by atoms with Crippen LogP contribution < -0.4 is 0 Å². The maximum atomic E-state index is 6.44. The standard InChI is InChI=1S/C16H19Cl/c1-10-4-3-5-12-8-13-7-6-11(2)16(17)15(13)9-14(10)12/h4,9,12-13H,2-3,5-8H2,1H3. The molecule has 2 unspecified atom stereocenters. The lowest BCUT2D eigenvalue weighted by Crippen LogP contribution is -2.23. The number of rotatable bonds is 0. The van der Waals surface area contributed by atoms with Crippen molar-refractivity contribution in [2.45, 2.75) is 39.0 Å². The molecule has 0 spiro atoms. The van der Waals surface area contributed by atoms with Gasteiger partial charge in [0.05, 0.1) is 0 Å². The van der Waals surface area contributed by atoms with Gasteiger partial charge >= 0.3 is 0 Å². The second-order valence-corrected chi connectivity index (χ2v) is 5.98. The molecule has 3 aliphatic carbocycles. The van der Waals surface area contributed by atoms with E-state index >= 15 is 0 Å². The third kappa shape index (κ3) is 1.83. The molecule has 17 heavy (non-hydrogen) atoms. The highest BCUT2D eigenvalue weighted by Gasteiger charge is 2.32. The zero-order valence-electron chi connectivity index (χ0n) is 10.4. The Balaban J connectivity index is 2.08. The second kappa shape index (κ2) is 4.17. The highest BCUT2D eigenvalue weighted by molar-refractivity contribution is 6.32. The van der Waals surface area contributed by atoms with E-state index < -0.39 is 0 Å². The van der Waals surface area contributed by atoms with Gasteiger partial charge in [-0.15, -0.1) is 0 Å². The van der Waals surface area contributed by atoms with Crippen LogP contribution in [0.5, 0.6) is 0 Å². The van der Waals surface area contributed by atoms with E-state index in [-0.39, 0.29) is 0 Å². The molecule has 2 atom stereocenters. The average molecular weight is 247 g/mol. The van der Waals surface area contributed by atoms with Crippen LogP contribution in [0.15, 0.2) is 46.1 Å². The molecule has 0 aromatic rings. The van der Waals surface area contributed by atoms with Gasteiger partial charge in [-0.05, 0) is 67.6 Å². The van der Waals surface area contributed by atoms with Crippen LogP contribution >= 0.6 is 11.6 Å². The molecule has 0 radical (unpaired) electrons. The zero-order valence-corrected chi connectivity index (χ0v) is 11.2. The Hall–Kier alpha value is -0.750. The quantitative estimate of drug-likeness (QED) is 0.556. The normalized spacial score (nSPS) is 32.7. The first-order valence-corrected chi connectivity index (χ1v) is 7.01. The van der Waals surface area contributed by atoms with Crippen molar-refractivity contribution < 1.29 is 0 Å². The van der Waals surface area contributed by atoms with E-state index in [1.807, 2.05) is 0 Å². The molecule has 0 aliphatic heterocycles. The first kappa shape index (κ1) is 11.3. The molecule has 0 aromatic heterocycles. The van der Waals surface area contributed by atoms with Crippen molar-refractivity contribution in [1.82, 2.24) is 0 Å². The Morgan fingerprint density at radius 1 is 1.29 bits per heavy atom. The lowest BCUT2D eigenvalue weighted by Gasteiger charge is -2.37. The van der Waals surface area contributed by atoms with E-state index in [0.29, 0.717) is 5.92 Å². The summed E-state index contributed by atoms with van der Waals surface area (Å²) in [6.45, 7) is 6.32. The Labute approximate surface area is 109 Å². The maximum absolute atomic E-state index is 6.44. The third-order valence-corrected chi connectivity index (χ3v) is 5.02. The maximum Gasteiger partial charge on any atom is 0.0467 e. The average Bonchev–Trinajstić information content (AvgIpc) is 2.33. The summed E-state index contributed by atoms with van der Waals surface area (Å²) in [5.41, 5.74) is 5.50. The van der Waals surface area contributed by atoms with Gasteiger partial charge in [-0.25, -0.2) is 0 Å². The molecule has 0 N–H and O–H groups in total. The van der Waals surface area contributed by atoms with Crippen molar-refractivity contribution in [2.24, 2.45) is 11.8 Å². The molecule has 0 nitrogen and oxygen atoms in total. The van der Waals surface area contributed by atoms with Gasteiger partial charge in [-0.2, -0.15) is 0 Å². The minimum atomic E-state index is 0.688. The Morgan fingerprint density at radius 2 is 2.12 bits per heavy atom. The SMILES string of the molecule is C=C1CCC2CC3CCC=C(C)C3=CC2=C1Cl. The number of hydrogen-bond donors (Lipinski definition) is 0. The van der Waals surface area contributed by atoms with Crippen molar-refractivity contribution in [3.05, 3.63) is 46.1 Å². The lowest BCUT2D eigenvalue weighted by atomic mass is 9.69. The molecule has 0 aromatic carbocycles. The number of fused-ring (bicyclic) bond motifs is 2. The summed E-state index contributed by atoms with van der Waals surface area (Å²) in [5, 5.41) is 0.950. The Bertz CT molecular complexity index is 462. The van der Waals surface area contributed by atoms with E-state index in [1.165, 1.54) is 42.4 Å². The first-order valence-electron chi connectivity index (χ1n) is 6.63. The molecule has 0 saturated heterocycles. The molecule has 0 heterocycles. The van der Waals surface area contributed by atoms with E-state index in [2.05, 4.69) is 25.7 Å². The minimum Gasteiger partial charge on any atom is -0.0943 e. The molecule has 1 heteroatoms. The van der Waals surface area contributed by atoms with E-state index in [0.717, 1.165) is 22.9 Å². The van der Waals surface area contributed by atoms with E-state index in [4.69, 9.17) is 11.6 Å². The van der Waals surface area contributed by atoms with Crippen LogP contribution in [0.1, 0.15) is 39.0 Å². The van der Waals surface area contributed by atoms with Gasteiger partial charge in [0.15, 0.2) is 0 Å². The van der Waals surface area contributed by atoms with Crippen LogP contribution in [-0.2, 0) is 0 Å². The Kier molecular flexibility index (Phi) is 2.78. The van der Waals surface area contributed by atoms with Crippen LogP contribution in [0.3, 0.4) is 0 Å². The van der Waals surface area contributed by atoms with Gasteiger partial charge in [0.25, 0.3) is 0 Å². The van der Waals surface area contributed by atoms with Gasteiger partial charge in [0.1, 0.15) is 0 Å². The number of allylic oxidation sites excluding steroid dienone is 7. The smallest absolute Gasteiger partial charge is 0.0467 e. The van der Waals surface area contributed by atoms with Crippen molar-refractivity contribution in [2.75, 3.05) is 0 Å². The fourth-order valence-electron chi connectivity index (χ4n) is 3.51. The van der Waals surface area contributed by atoms with Crippen LogP contribution in [0.25, 0.3) is 0 Å². The van der Waals surface area contributed by atoms with Crippen molar-refractivity contribution in [3.8, 4) is 0 Å². The fraction of sp³-hybridized carbons (Fsp3) is 0.500. The van der Waals surface area contributed by atoms with E-state index in [1.54, 1.807) is 0 Å². The molecule has 0 amide bonds. The van der Waals surface area contributed by atoms with Gasteiger partial charge in [-0.3, -0.25) is 0 Å². The number of halogens is 1. The van der Waals surface area contributed by atoms with Crippen molar-refractivity contribution in [1.29, 1.82) is 0 Å². The predicted octanol–water partition coefficient (Wildman–Crippen LogP) is 5.13. The van der Waals surface area contributed by atoms with Crippen LogP contribution in [0.2, 0.25) is 0 Å². The monoisotopic (exact) mass is 246 g/mol. The Morgan fingerprint density at radius 3 is 2.94 bits per heavy atom. The molecular formula is C16H19Cl. The topological polar surface area (TPSA) is 0 Å². The van der Waals surface area contributed by atoms with E-state index in [9.17, 15) is 0 Å². The summed E-state index contributed by atoms with van der Waals surface area (Å²) in [4.78, 5) is 0. The van der Waals surface area contributed by atoms with Gasteiger partial charge in [0.2, 0.25) is 0 Å². The third-order valence-electron chi connectivity index (χ3n) is 4.54. The van der Waals surface area contributed by atoms with Crippen LogP contribution in [0, 0.1) is 11.8 Å². The molecular weight excluding hydrogens is 228 g/mol. The highest BCUT2D eigenvalue weighted by Crippen LogP contribution is 2.47. The van der Waals surface area contributed by atoms with Gasteiger partial charge in [-0.1, -0.05) is 35.9 Å². The fourth-order valence-corrected chi connectivity index (χ4v) is 3.81. The summed E-state index contributed by atoms with van der Waals surface area (Å²) >= 11 is 6.44. The number of hydrogen-bond acceptors (Lipinski definition) is 0. The van der Waals surface area contributed by atoms with Crippen LogP contribution in [0.4, 0.5) is 0 Å². The van der Waals surface area contributed by atoms with Crippen LogP contribution in [-0.4, -0.2) is 0 Å². The summed E-state index contributed by atoms with van der Waals surface area (Å²) in [6, 6.07) is 0. The minimum absolute atomic E-state index is 0.688. The largest absolute Gasteiger partial charge is 0.0943 e. The molecule has 0 saturated carbocycles. The molecule has 3 rings (SSSR count).